The van der Waals surface area contributed by atoms with Crippen molar-refractivity contribution in [1.29, 1.82) is 0 Å². The van der Waals surface area contributed by atoms with Crippen molar-refractivity contribution in [3.8, 4) is 0 Å². The smallest absolute Gasteiger partial charge is 0.328 e. The van der Waals surface area contributed by atoms with Gasteiger partial charge in [-0.2, -0.15) is 0 Å². The molecule has 0 radical (unpaired) electrons. The monoisotopic (exact) mass is 168 g/mol. The Morgan fingerprint density at radius 1 is 1.58 bits per heavy atom. The van der Waals surface area contributed by atoms with Gasteiger partial charge in [-0.3, -0.25) is 0 Å². The van der Waals surface area contributed by atoms with Crippen LogP contribution in [0, 0.1) is 5.41 Å². The lowest BCUT2D eigenvalue weighted by molar-refractivity contribution is -0.131. The molecule has 0 heterocycles. The molecule has 0 aliphatic rings. The summed E-state index contributed by atoms with van der Waals surface area (Å²) in [6, 6.07) is 0. The van der Waals surface area contributed by atoms with Crippen molar-refractivity contribution < 1.29 is 9.90 Å². The first-order valence-corrected chi connectivity index (χ1v) is 3.93. The number of hydrogen-bond acceptors (Lipinski definition) is 1. The fourth-order valence-corrected chi connectivity index (χ4v) is 0.902. The van der Waals surface area contributed by atoms with Gasteiger partial charge in [-0.05, 0) is 18.8 Å². The van der Waals surface area contributed by atoms with Crippen molar-refractivity contribution in [1.82, 2.24) is 0 Å². The topological polar surface area (TPSA) is 37.3 Å². The van der Waals surface area contributed by atoms with Crippen LogP contribution in [0.25, 0.3) is 0 Å². The molecule has 68 valence electrons. The van der Waals surface area contributed by atoms with Crippen LogP contribution in [0.2, 0.25) is 0 Å². The lowest BCUT2D eigenvalue weighted by atomic mass is 9.82. The van der Waals surface area contributed by atoms with E-state index in [1.165, 1.54) is 6.08 Å². The summed E-state index contributed by atoms with van der Waals surface area (Å²) in [5.41, 5.74) is 0.773. The van der Waals surface area contributed by atoms with Crippen LogP contribution in [0.1, 0.15) is 27.2 Å². The Morgan fingerprint density at radius 2 is 2.08 bits per heavy atom. The highest BCUT2D eigenvalue weighted by atomic mass is 16.4. The molecule has 0 aromatic carbocycles. The molecule has 0 aliphatic carbocycles. The molecule has 0 aromatic rings. The van der Waals surface area contributed by atoms with Gasteiger partial charge in [0.25, 0.3) is 0 Å². The van der Waals surface area contributed by atoms with E-state index < -0.39 is 5.97 Å². The Hall–Kier alpha value is -1.05. The second-order valence-corrected chi connectivity index (χ2v) is 3.54. The van der Waals surface area contributed by atoms with Gasteiger partial charge in [-0.15, -0.1) is 6.58 Å². The van der Waals surface area contributed by atoms with Crippen LogP contribution in [-0.2, 0) is 4.79 Å². The standard InChI is InChI=1S/C10H16O2/c1-5-6-10(3,4)8(2)7-9(11)12/h5,7H,1,6H2,2-4H3,(H,11,12)/b8-7-. The van der Waals surface area contributed by atoms with Gasteiger partial charge in [-0.25, -0.2) is 4.79 Å². The lowest BCUT2D eigenvalue weighted by Crippen LogP contribution is -2.12. The molecule has 0 saturated carbocycles. The Labute approximate surface area is 73.6 Å². The summed E-state index contributed by atoms with van der Waals surface area (Å²) in [5, 5.41) is 8.51. The second-order valence-electron chi connectivity index (χ2n) is 3.54. The number of carboxylic acids is 1. The molecule has 0 fully saturated rings. The molecular formula is C10H16O2. The van der Waals surface area contributed by atoms with E-state index in [0.717, 1.165) is 12.0 Å². The first-order chi connectivity index (χ1) is 5.40. The number of carboxylic acid groups (broad SMARTS) is 1. The molecule has 2 heteroatoms. The summed E-state index contributed by atoms with van der Waals surface area (Å²) in [4.78, 5) is 10.4. The molecular weight excluding hydrogens is 152 g/mol. The van der Waals surface area contributed by atoms with Crippen molar-refractivity contribution in [2.45, 2.75) is 27.2 Å². The van der Waals surface area contributed by atoms with Crippen molar-refractivity contribution >= 4 is 5.97 Å². The summed E-state index contributed by atoms with van der Waals surface area (Å²) in [6.07, 6.45) is 3.85. The van der Waals surface area contributed by atoms with Gasteiger partial charge >= 0.3 is 5.97 Å². The van der Waals surface area contributed by atoms with Gasteiger partial charge < -0.3 is 5.11 Å². The van der Waals surface area contributed by atoms with Gasteiger partial charge in [0.15, 0.2) is 0 Å². The maximum atomic E-state index is 10.4. The molecule has 1 N–H and O–H groups in total. The average molecular weight is 168 g/mol. The first kappa shape index (κ1) is 11.0. The summed E-state index contributed by atoms with van der Waals surface area (Å²) >= 11 is 0. The molecule has 0 atom stereocenters. The predicted octanol–water partition coefficient (Wildman–Crippen LogP) is 2.62. The van der Waals surface area contributed by atoms with Gasteiger partial charge in [0.05, 0.1) is 0 Å². The lowest BCUT2D eigenvalue weighted by Gasteiger charge is -2.23. The van der Waals surface area contributed by atoms with Gasteiger partial charge in [0.2, 0.25) is 0 Å². The predicted molar refractivity (Wildman–Crippen MR) is 50.0 cm³/mol. The summed E-state index contributed by atoms with van der Waals surface area (Å²) in [6.45, 7) is 9.47. The van der Waals surface area contributed by atoms with Gasteiger partial charge in [0, 0.05) is 6.08 Å². The van der Waals surface area contributed by atoms with Crippen LogP contribution in [0.4, 0.5) is 0 Å². The van der Waals surface area contributed by atoms with E-state index in [4.69, 9.17) is 5.11 Å². The number of rotatable bonds is 4. The molecule has 0 bridgehead atoms. The van der Waals surface area contributed by atoms with Crippen LogP contribution >= 0.6 is 0 Å². The molecule has 0 spiro atoms. The maximum absolute atomic E-state index is 10.4. The van der Waals surface area contributed by atoms with Gasteiger partial charge in [0.1, 0.15) is 0 Å². The number of carbonyl (C=O) groups is 1. The normalized spacial score (nSPS) is 12.8. The zero-order chi connectivity index (χ0) is 9.78. The third kappa shape index (κ3) is 3.37. The second kappa shape index (κ2) is 4.10. The molecule has 0 rings (SSSR count). The van der Waals surface area contributed by atoms with Crippen molar-refractivity contribution in [3.63, 3.8) is 0 Å². The molecule has 0 saturated heterocycles. The van der Waals surface area contributed by atoms with Crippen LogP contribution in [0.15, 0.2) is 24.3 Å². The Morgan fingerprint density at radius 3 is 2.42 bits per heavy atom. The Kier molecular flexibility index (Phi) is 3.74. The molecule has 0 aliphatic heterocycles. The minimum absolute atomic E-state index is 0.0971. The minimum Gasteiger partial charge on any atom is -0.478 e. The fraction of sp³-hybridized carbons (Fsp3) is 0.500. The van der Waals surface area contributed by atoms with Crippen LogP contribution in [-0.4, -0.2) is 11.1 Å². The van der Waals surface area contributed by atoms with Crippen LogP contribution < -0.4 is 0 Å². The first-order valence-electron chi connectivity index (χ1n) is 3.93. The van der Waals surface area contributed by atoms with E-state index in [-0.39, 0.29) is 5.41 Å². The summed E-state index contributed by atoms with van der Waals surface area (Å²) in [5.74, 6) is -0.885. The van der Waals surface area contributed by atoms with E-state index in [1.807, 2.05) is 20.8 Å². The highest BCUT2D eigenvalue weighted by Crippen LogP contribution is 2.29. The van der Waals surface area contributed by atoms with Gasteiger partial charge in [-0.1, -0.05) is 25.5 Å². The zero-order valence-electron chi connectivity index (χ0n) is 7.92. The molecule has 0 amide bonds. The van der Waals surface area contributed by atoms with Crippen LogP contribution in [0.3, 0.4) is 0 Å². The third-order valence-electron chi connectivity index (χ3n) is 2.06. The Bertz CT molecular complexity index is 212. The SMILES string of the molecule is C=CCC(C)(C)/C(C)=C\C(=O)O. The van der Waals surface area contributed by atoms with E-state index in [9.17, 15) is 4.79 Å². The zero-order valence-corrected chi connectivity index (χ0v) is 7.92. The molecule has 12 heavy (non-hydrogen) atoms. The molecule has 0 aromatic heterocycles. The van der Waals surface area contributed by atoms with Crippen molar-refractivity contribution in [3.05, 3.63) is 24.3 Å². The summed E-state index contributed by atoms with van der Waals surface area (Å²) < 4.78 is 0. The third-order valence-corrected chi connectivity index (χ3v) is 2.06. The summed E-state index contributed by atoms with van der Waals surface area (Å²) in [7, 11) is 0. The van der Waals surface area contributed by atoms with E-state index in [2.05, 4.69) is 6.58 Å². The number of allylic oxidation sites excluding steroid dienone is 2. The van der Waals surface area contributed by atoms with E-state index >= 15 is 0 Å². The number of hydrogen-bond donors (Lipinski definition) is 1. The quantitative estimate of drug-likeness (QED) is 0.517. The minimum atomic E-state index is -0.885. The highest BCUT2D eigenvalue weighted by molar-refractivity contribution is 5.80. The van der Waals surface area contributed by atoms with E-state index in [0.29, 0.717) is 0 Å². The average Bonchev–Trinajstić information content (AvgIpc) is 1.85. The molecule has 0 unspecified atom stereocenters. The fourth-order valence-electron chi connectivity index (χ4n) is 0.902. The Balaban J connectivity index is 4.53. The largest absolute Gasteiger partial charge is 0.478 e. The number of aliphatic carboxylic acids is 1. The van der Waals surface area contributed by atoms with Crippen molar-refractivity contribution in [2.75, 3.05) is 0 Å². The van der Waals surface area contributed by atoms with Crippen LogP contribution in [0.5, 0.6) is 0 Å². The van der Waals surface area contributed by atoms with E-state index in [1.54, 1.807) is 6.08 Å². The molecule has 2 nitrogen and oxygen atoms in total. The maximum Gasteiger partial charge on any atom is 0.328 e. The highest BCUT2D eigenvalue weighted by Gasteiger charge is 2.18. The van der Waals surface area contributed by atoms with Crippen molar-refractivity contribution in [2.24, 2.45) is 5.41 Å².